The van der Waals surface area contributed by atoms with Crippen LogP contribution in [0.4, 0.5) is 0 Å². The van der Waals surface area contributed by atoms with Crippen molar-refractivity contribution in [1.82, 2.24) is 24.7 Å². The van der Waals surface area contributed by atoms with Crippen LogP contribution in [0, 0.1) is 47.3 Å². The van der Waals surface area contributed by atoms with Gasteiger partial charge >= 0.3 is 24.4 Å². The Morgan fingerprint density at radius 2 is 0.870 bits per heavy atom. The molecule has 0 aromatic carbocycles. The van der Waals surface area contributed by atoms with Crippen LogP contribution in [0.25, 0.3) is 0 Å². The molecule has 7 aliphatic rings. The Morgan fingerprint density at radius 3 is 1.20 bits per heavy atom. The number of esters is 3. The van der Waals surface area contributed by atoms with Crippen LogP contribution in [-0.2, 0) is 138 Å². The summed E-state index contributed by atoms with van der Waals surface area (Å²) in [5.74, 6) is -1.39. The Morgan fingerprint density at radius 1 is 0.507 bits per heavy atom. The molecule has 0 bridgehead atoms. The fraction of sp³-hybridized carbons (Fsp3) is 0.817. The molecule has 0 radical (unpaired) electrons. The first-order valence-corrected chi connectivity index (χ1v) is 57.0. The van der Waals surface area contributed by atoms with Gasteiger partial charge in [0.25, 0.3) is 5.95 Å². The van der Waals surface area contributed by atoms with Gasteiger partial charge in [0.15, 0.2) is 35.8 Å². The Hall–Kier alpha value is -6.34. The summed E-state index contributed by atoms with van der Waals surface area (Å²) in [7, 11) is 16.6. The number of hydrogen-bond donors (Lipinski definition) is 1. The Kier molecular flexibility index (Phi) is 55.6. The number of aldehydes is 2. The second-order valence-electron chi connectivity index (χ2n) is 45.8. The lowest BCUT2D eigenvalue weighted by molar-refractivity contribution is -0.276. The van der Waals surface area contributed by atoms with Gasteiger partial charge in [0.05, 0.1) is 81.8 Å². The molecule has 8 rings (SSSR count). The number of aliphatic hydroxyl groups excluding tert-OH is 1. The largest absolute Gasteiger partial charge is 0.519 e. The Bertz CT molecular complexity index is 4380. The number of methoxy groups -OCH3 is 4. The van der Waals surface area contributed by atoms with Crippen molar-refractivity contribution < 1.29 is 138 Å². The van der Waals surface area contributed by atoms with E-state index in [1.54, 1.807) is 103 Å². The molecule has 7 aliphatic heterocycles. The summed E-state index contributed by atoms with van der Waals surface area (Å²) in [5.41, 5.74) is -1.61. The van der Waals surface area contributed by atoms with E-state index in [1.807, 2.05) is 163 Å². The molecule has 37 heteroatoms. The zero-order valence-electron chi connectivity index (χ0n) is 98.0. The molecule has 842 valence electrons. The van der Waals surface area contributed by atoms with Gasteiger partial charge in [-0.2, -0.15) is 4.89 Å². The summed E-state index contributed by atoms with van der Waals surface area (Å²) < 4.78 is 131. The normalized spacial score (nSPS) is 27.4. The number of ether oxygens (including phenoxy) is 17. The van der Waals surface area contributed by atoms with Crippen molar-refractivity contribution in [2.24, 2.45) is 47.3 Å². The molecule has 1 aromatic heterocycles. The van der Waals surface area contributed by atoms with Gasteiger partial charge in [-0.15, -0.1) is 0 Å². The van der Waals surface area contributed by atoms with Gasteiger partial charge in [-0.3, -0.25) is 13.9 Å². The SMILES string of the molecule is C/C=C1\OC(C)(C)OC(O[Si](C)(C)C)=C1C.CC(C)(C)c1ncccn1.CC1O[C@H](C)CC(N(C)C)[C@H]1COOC=O.CC[C@H](C)C[C@@](C)(OC)[C@H](O)[C@H](C)C1=C(C)C(=O)OC(C)(C)O1.CC[C@H](C)C[C@@](C)(OC)[C@H](O[C@@H]1O[C@H](C)CC(N(C)C)[C@H]1P=O)[C@H](C)C1=C(C)C(=O)OC(C)(C)O1.CC[C@H](C)C[C@](C)(C=O)OC.CO[C@](C)(C[C@@H](C)C=O)[C@H](O[C@@H]1O[C@H](C)CC(N(C)C)[C@H]1P=O)[C@H](C)C1=C(C)C(=O)OC(C)(C)O1. The minimum absolute atomic E-state index is 0.0256. The molecule has 3 saturated heterocycles. The van der Waals surface area contributed by atoms with Gasteiger partial charge in [0.1, 0.15) is 58.7 Å². The number of rotatable bonds is 41. The van der Waals surface area contributed by atoms with Gasteiger partial charge in [0, 0.05) is 149 Å². The zero-order chi connectivity index (χ0) is 113. The molecule has 4 unspecified atom stereocenters. The molecule has 0 spiro atoms. The Labute approximate surface area is 881 Å². The van der Waals surface area contributed by atoms with Gasteiger partial charge in [-0.05, 0) is 227 Å². The fourth-order valence-electron chi connectivity index (χ4n) is 18.7. The van der Waals surface area contributed by atoms with Gasteiger partial charge in [0.2, 0.25) is 31.5 Å². The second kappa shape index (κ2) is 59.8. The maximum absolute atomic E-state index is 12.6. The van der Waals surface area contributed by atoms with Crippen LogP contribution in [0.1, 0.15) is 305 Å². The molecule has 3 fully saturated rings. The van der Waals surface area contributed by atoms with Crippen molar-refractivity contribution in [1.29, 1.82) is 0 Å². The summed E-state index contributed by atoms with van der Waals surface area (Å²) in [5, 5.41) is 10.9. The summed E-state index contributed by atoms with van der Waals surface area (Å²) in [6.07, 6.45) is 12.0. The van der Waals surface area contributed by atoms with E-state index in [4.69, 9.17) is 89.8 Å². The van der Waals surface area contributed by atoms with Crippen molar-refractivity contribution >= 4 is 62.2 Å². The molecule has 0 aliphatic carbocycles. The van der Waals surface area contributed by atoms with Crippen LogP contribution in [0.15, 0.2) is 75.8 Å². The predicted molar refractivity (Wildman–Crippen MR) is 567 cm³/mol. The number of carbonyl (C=O) groups is 6. The molecule has 1 N–H and O–H groups in total. The maximum atomic E-state index is 12.6. The van der Waals surface area contributed by atoms with E-state index in [9.17, 15) is 43.0 Å². The van der Waals surface area contributed by atoms with E-state index >= 15 is 0 Å². The average Bonchev–Trinajstić information content (AvgIpc) is 0.770. The van der Waals surface area contributed by atoms with Crippen LogP contribution in [0.3, 0.4) is 0 Å². The maximum Gasteiger partial charge on any atom is 0.340 e. The summed E-state index contributed by atoms with van der Waals surface area (Å²) in [4.78, 5) is 93.1. The lowest BCUT2D eigenvalue weighted by Crippen LogP contribution is -2.57. The van der Waals surface area contributed by atoms with E-state index in [-0.39, 0.29) is 88.2 Å². The summed E-state index contributed by atoms with van der Waals surface area (Å²) in [6, 6.07) is 2.22. The van der Waals surface area contributed by atoms with Crippen LogP contribution in [0.2, 0.25) is 19.6 Å². The van der Waals surface area contributed by atoms with Crippen LogP contribution in [-0.4, -0.2) is 283 Å². The smallest absolute Gasteiger partial charge is 0.340 e. The summed E-state index contributed by atoms with van der Waals surface area (Å²) in [6.45, 7) is 72.3. The van der Waals surface area contributed by atoms with Crippen molar-refractivity contribution in [3.63, 3.8) is 0 Å². The minimum Gasteiger partial charge on any atom is -0.519 e. The standard InChI is InChI=1S/C26H46NO7P.C25H42NO8P.C18H32O5.C12H22O3Si.C11H21NO4.C9H18O2.C8H12N2/c1-12-15(2)14-26(8,30-11)22(17(4)20-18(5)23(28)34-25(6,7)33-20)32-24-21(35-29)19(27(9)10)13-16(3)31-24;1-14(13-27)12-25(7,30-10)21(16(3)19-17(4)22(28)34-24(5,6)33-19)32-23-20(35-29)18(26(8)9)11-15(2)31-23;1-9-11(2)10-18(7,21-8)15(19)12(3)14-13(4)16(20)23-17(5,6)22-14;1-8-10-9(2)11(15-16(5,6)7)14-12(3,4)13-10;1-8-5-11(12(3)4)10(9(2)16-8)6-14-15-7-13;1-5-8(2)6-9(3,7-10)11-4;1-8(2,3)7-9-5-4-6-10-7/h15-17,19,21-22,24H,12-14H2,1-11H3;13-16,18,20-21,23H,11-12H2,1-10H3;11-12,15,19H,9-10H2,1-8H3;8H,1-7H3;7-11H,5-6H2,1-4H3;7-8H,5-6H2,1-4H3;4-6H,1-3H3/b;;;10-8-;;;/t15-,16+,17+,19?,21+,22+,24-,26+;14-,15-,16-,18?,20-,21-,23+,25-;11-,12+,15+,18+;;8-,9?,10+,11?;8-,9+;/m010.10./s1. The van der Waals surface area contributed by atoms with E-state index in [1.165, 1.54) is 0 Å². The molecule has 1 aromatic rings. The first-order chi connectivity index (χ1) is 67.2. The predicted octanol–water partition coefficient (Wildman–Crippen LogP) is 20.9. The lowest BCUT2D eigenvalue weighted by Gasteiger charge is -2.47. The lowest BCUT2D eigenvalue weighted by atomic mass is 9.80. The van der Waals surface area contributed by atoms with Crippen molar-refractivity contribution in [3.05, 3.63) is 81.6 Å². The number of cyclic esters (lactones) is 3. The van der Waals surface area contributed by atoms with Gasteiger partial charge < -0.3 is 119 Å². The second-order valence-corrected chi connectivity index (χ2v) is 51.9. The highest BCUT2D eigenvalue weighted by Gasteiger charge is 2.54. The van der Waals surface area contributed by atoms with Gasteiger partial charge in [-0.25, -0.2) is 24.4 Å². The quantitative estimate of drug-likeness (QED) is 0.00930. The molecule has 34 nitrogen and oxygen atoms in total. The molecule has 26 atom stereocenters. The van der Waals surface area contributed by atoms with Crippen molar-refractivity contribution in [2.75, 3.05) is 77.3 Å². The number of allylic oxidation sites excluding steroid dienone is 2. The van der Waals surface area contributed by atoms with Crippen molar-refractivity contribution in [2.45, 2.75) is 455 Å². The van der Waals surface area contributed by atoms with E-state index in [0.29, 0.717) is 89.7 Å². The molecular weight excluding hydrogens is 1930 g/mol. The third-order valence-corrected chi connectivity index (χ3v) is 30.2. The van der Waals surface area contributed by atoms with Crippen molar-refractivity contribution in [3.8, 4) is 0 Å². The number of aliphatic hydroxyl groups is 1. The van der Waals surface area contributed by atoms with Gasteiger partial charge in [-0.1, -0.05) is 109 Å². The number of nitrogens with zero attached hydrogens (tertiary/aromatic N) is 5. The van der Waals surface area contributed by atoms with E-state index < -0.39 is 114 Å². The van der Waals surface area contributed by atoms with E-state index in [0.717, 1.165) is 81.1 Å². The number of hydrogen-bond acceptors (Lipinski definition) is 34. The minimum atomic E-state index is -1.66. The highest BCUT2D eigenvalue weighted by Crippen LogP contribution is 2.47. The molecule has 0 amide bonds. The highest BCUT2D eigenvalue weighted by atomic mass is 31.1. The zero-order valence-corrected chi connectivity index (χ0v) is 101. The van der Waals surface area contributed by atoms with E-state index in [2.05, 4.69) is 114 Å². The first-order valence-electron chi connectivity index (χ1n) is 51.8. The molecule has 8 heterocycles. The Balaban J connectivity index is 0.000000602. The van der Waals surface area contributed by atoms with Crippen LogP contribution in [0.5, 0.6) is 0 Å². The molecule has 146 heavy (non-hydrogen) atoms. The number of carbonyl (C=O) groups excluding carboxylic acids is 6. The molecule has 0 saturated carbocycles. The third kappa shape index (κ3) is 41.6. The van der Waals surface area contributed by atoms with Crippen LogP contribution >= 0.6 is 16.9 Å². The average molecular weight is 2130 g/mol. The molecular formula is C109H193N5O29P2Si. The summed E-state index contributed by atoms with van der Waals surface area (Å²) >= 11 is 0. The number of aromatic nitrogens is 2. The monoisotopic (exact) mass is 2130 g/mol. The first kappa shape index (κ1) is 136. The van der Waals surface area contributed by atoms with Crippen LogP contribution < -0.4 is 0 Å². The fourth-order valence-corrected chi connectivity index (χ4v) is 21.0. The topological polar surface area (TPSA) is 377 Å². The third-order valence-electron chi connectivity index (χ3n) is 27.8. The highest BCUT2D eigenvalue weighted by molar-refractivity contribution is 7.25.